The van der Waals surface area contributed by atoms with Gasteiger partial charge >= 0.3 is 5.97 Å². The molecule has 0 aromatic heterocycles. The fourth-order valence-electron chi connectivity index (χ4n) is 2.56. The maximum Gasteiger partial charge on any atom is 0.336 e. The highest BCUT2D eigenvalue weighted by molar-refractivity contribution is 7.89. The number of carboxylic acids is 1. The van der Waals surface area contributed by atoms with E-state index in [9.17, 15) is 18.0 Å². The number of rotatable bonds is 5. The summed E-state index contributed by atoms with van der Waals surface area (Å²) in [6.07, 6.45) is 1.03. The molecule has 0 saturated carbocycles. The Kier molecular flexibility index (Phi) is 5.38. The zero-order chi connectivity index (χ0) is 17.0. The minimum atomic E-state index is -3.26. The van der Waals surface area contributed by atoms with Crippen molar-refractivity contribution in [1.82, 2.24) is 9.62 Å². The van der Waals surface area contributed by atoms with Crippen LogP contribution in [-0.4, -0.2) is 55.2 Å². The number of likely N-dealkylation sites (tertiary alicyclic amines) is 1. The topological polar surface area (TPSA) is 104 Å². The van der Waals surface area contributed by atoms with Crippen LogP contribution < -0.4 is 4.72 Å². The summed E-state index contributed by atoms with van der Waals surface area (Å²) in [4.78, 5) is 25.3. The molecule has 0 bridgehead atoms. The van der Waals surface area contributed by atoms with Gasteiger partial charge in [-0.05, 0) is 31.9 Å². The van der Waals surface area contributed by atoms with Gasteiger partial charge in [0.05, 0.1) is 16.9 Å². The van der Waals surface area contributed by atoms with Crippen molar-refractivity contribution in [2.75, 3.05) is 18.8 Å². The molecule has 1 aliphatic rings. The highest BCUT2D eigenvalue weighted by atomic mass is 32.2. The average molecular weight is 340 g/mol. The summed E-state index contributed by atoms with van der Waals surface area (Å²) < 4.78 is 25.7. The SMILES string of the molecule is CCS(=O)(=O)NC1CCN(C(=O)c2ccccc2C(=O)O)CC1. The molecule has 0 spiro atoms. The van der Waals surface area contributed by atoms with Gasteiger partial charge in [0.15, 0.2) is 0 Å². The first-order chi connectivity index (χ1) is 10.8. The van der Waals surface area contributed by atoms with E-state index >= 15 is 0 Å². The third-order valence-electron chi connectivity index (χ3n) is 3.90. The number of benzene rings is 1. The Morgan fingerprint density at radius 3 is 2.30 bits per heavy atom. The first-order valence-corrected chi connectivity index (χ1v) is 9.11. The Labute approximate surface area is 135 Å². The largest absolute Gasteiger partial charge is 0.478 e. The maximum atomic E-state index is 12.5. The van der Waals surface area contributed by atoms with Crippen LogP contribution in [0.1, 0.15) is 40.5 Å². The van der Waals surface area contributed by atoms with E-state index in [0.717, 1.165) is 0 Å². The zero-order valence-electron chi connectivity index (χ0n) is 12.9. The van der Waals surface area contributed by atoms with Crippen molar-refractivity contribution in [1.29, 1.82) is 0 Å². The number of hydrogen-bond acceptors (Lipinski definition) is 4. The van der Waals surface area contributed by atoms with Crippen LogP contribution in [0.4, 0.5) is 0 Å². The minimum absolute atomic E-state index is 0.0219. The lowest BCUT2D eigenvalue weighted by molar-refractivity contribution is 0.0661. The lowest BCUT2D eigenvalue weighted by Crippen LogP contribution is -2.47. The molecular formula is C15H20N2O5S. The molecule has 2 rings (SSSR count). The molecule has 1 aliphatic heterocycles. The third kappa shape index (κ3) is 4.29. The van der Waals surface area contributed by atoms with Crippen molar-refractivity contribution in [3.63, 3.8) is 0 Å². The van der Waals surface area contributed by atoms with Gasteiger partial charge in [0.2, 0.25) is 10.0 Å². The van der Waals surface area contributed by atoms with Crippen molar-refractivity contribution >= 4 is 21.9 Å². The fourth-order valence-corrected chi connectivity index (χ4v) is 3.47. The second-order valence-corrected chi connectivity index (χ2v) is 7.48. The van der Waals surface area contributed by atoms with Crippen LogP contribution in [0.3, 0.4) is 0 Å². The smallest absolute Gasteiger partial charge is 0.336 e. The van der Waals surface area contributed by atoms with Gasteiger partial charge in [-0.2, -0.15) is 0 Å². The molecule has 7 nitrogen and oxygen atoms in total. The molecule has 0 unspecified atom stereocenters. The molecule has 23 heavy (non-hydrogen) atoms. The summed E-state index contributed by atoms with van der Waals surface area (Å²) in [5.74, 6) is -1.45. The second-order valence-electron chi connectivity index (χ2n) is 5.44. The van der Waals surface area contributed by atoms with E-state index in [1.807, 2.05) is 0 Å². The molecule has 2 N–H and O–H groups in total. The van der Waals surface area contributed by atoms with Gasteiger partial charge in [0, 0.05) is 19.1 Å². The molecule has 1 aromatic carbocycles. The molecular weight excluding hydrogens is 320 g/mol. The molecule has 1 aromatic rings. The van der Waals surface area contributed by atoms with Gasteiger partial charge < -0.3 is 10.0 Å². The number of aromatic carboxylic acids is 1. The van der Waals surface area contributed by atoms with E-state index in [1.165, 1.54) is 12.1 Å². The fraction of sp³-hybridized carbons (Fsp3) is 0.467. The highest BCUT2D eigenvalue weighted by Gasteiger charge is 2.27. The van der Waals surface area contributed by atoms with Gasteiger partial charge in [-0.15, -0.1) is 0 Å². The third-order valence-corrected chi connectivity index (χ3v) is 5.35. The number of amides is 1. The standard InChI is InChI=1S/C15H20N2O5S/c1-2-23(21,22)16-11-7-9-17(10-8-11)14(18)12-5-3-4-6-13(12)15(19)20/h3-6,11,16H,2,7-10H2,1H3,(H,19,20). The number of carbonyl (C=O) groups is 2. The van der Waals surface area contributed by atoms with Gasteiger partial charge in [0.1, 0.15) is 0 Å². The lowest BCUT2D eigenvalue weighted by atomic mass is 10.0. The molecule has 0 atom stereocenters. The van der Waals surface area contributed by atoms with Crippen LogP contribution in [0.5, 0.6) is 0 Å². The summed E-state index contributed by atoms with van der Waals surface area (Å²) in [6, 6.07) is 5.92. The highest BCUT2D eigenvalue weighted by Crippen LogP contribution is 2.17. The quantitative estimate of drug-likeness (QED) is 0.830. The summed E-state index contributed by atoms with van der Waals surface area (Å²) >= 11 is 0. The Morgan fingerprint density at radius 2 is 1.78 bits per heavy atom. The van der Waals surface area contributed by atoms with E-state index in [4.69, 9.17) is 5.11 Å². The van der Waals surface area contributed by atoms with Gasteiger partial charge in [-0.3, -0.25) is 4.79 Å². The van der Waals surface area contributed by atoms with E-state index in [-0.39, 0.29) is 28.8 Å². The Hall–Kier alpha value is -1.93. The van der Waals surface area contributed by atoms with E-state index in [1.54, 1.807) is 24.0 Å². The number of nitrogens with one attached hydrogen (secondary N) is 1. The maximum absolute atomic E-state index is 12.5. The summed E-state index contributed by atoms with van der Waals surface area (Å²) in [5, 5.41) is 9.16. The van der Waals surface area contributed by atoms with Crippen LogP contribution in [0.15, 0.2) is 24.3 Å². The van der Waals surface area contributed by atoms with Crippen molar-refractivity contribution in [3.8, 4) is 0 Å². The second kappa shape index (κ2) is 7.10. The molecule has 1 heterocycles. The number of hydrogen-bond donors (Lipinski definition) is 2. The van der Waals surface area contributed by atoms with Crippen LogP contribution in [0, 0.1) is 0 Å². The molecule has 0 aliphatic carbocycles. The Bertz CT molecular complexity index is 694. The summed E-state index contributed by atoms with van der Waals surface area (Å²) in [5.41, 5.74) is 0.138. The molecule has 8 heteroatoms. The first-order valence-electron chi connectivity index (χ1n) is 7.45. The van der Waals surface area contributed by atoms with E-state index in [0.29, 0.717) is 25.9 Å². The van der Waals surface area contributed by atoms with Gasteiger partial charge in [-0.1, -0.05) is 12.1 Å². The average Bonchev–Trinajstić information content (AvgIpc) is 2.54. The number of piperidine rings is 1. The van der Waals surface area contributed by atoms with Crippen LogP contribution in [0.2, 0.25) is 0 Å². The molecule has 1 saturated heterocycles. The molecule has 126 valence electrons. The number of sulfonamides is 1. The van der Waals surface area contributed by atoms with Crippen molar-refractivity contribution in [2.45, 2.75) is 25.8 Å². The monoisotopic (exact) mass is 340 g/mol. The summed E-state index contributed by atoms with van der Waals surface area (Å²) in [7, 11) is -3.26. The predicted molar refractivity (Wildman–Crippen MR) is 84.9 cm³/mol. The van der Waals surface area contributed by atoms with Crippen molar-refractivity contribution < 1.29 is 23.1 Å². The van der Waals surface area contributed by atoms with Crippen LogP contribution >= 0.6 is 0 Å². The zero-order valence-corrected chi connectivity index (χ0v) is 13.7. The number of carbonyl (C=O) groups excluding carboxylic acids is 1. The normalized spacial score (nSPS) is 16.3. The lowest BCUT2D eigenvalue weighted by Gasteiger charge is -2.32. The minimum Gasteiger partial charge on any atom is -0.478 e. The predicted octanol–water partition coefficient (Wildman–Crippen LogP) is 0.929. The van der Waals surface area contributed by atoms with Gasteiger partial charge in [-0.25, -0.2) is 17.9 Å². The molecule has 1 fully saturated rings. The summed E-state index contributed by atoms with van der Waals surface area (Å²) in [6.45, 7) is 2.36. The van der Waals surface area contributed by atoms with Crippen molar-refractivity contribution in [2.24, 2.45) is 0 Å². The van der Waals surface area contributed by atoms with Crippen molar-refractivity contribution in [3.05, 3.63) is 35.4 Å². The molecule has 1 amide bonds. The molecule has 0 radical (unpaired) electrons. The Morgan fingerprint density at radius 1 is 1.22 bits per heavy atom. The number of carboxylic acid groups (broad SMARTS) is 1. The van der Waals surface area contributed by atoms with E-state index in [2.05, 4.69) is 4.72 Å². The van der Waals surface area contributed by atoms with Crippen LogP contribution in [0.25, 0.3) is 0 Å². The first kappa shape index (κ1) is 17.4. The number of nitrogens with zero attached hydrogens (tertiary/aromatic N) is 1. The van der Waals surface area contributed by atoms with Gasteiger partial charge in [0.25, 0.3) is 5.91 Å². The van der Waals surface area contributed by atoms with E-state index < -0.39 is 16.0 Å². The van der Waals surface area contributed by atoms with Crippen LogP contribution in [-0.2, 0) is 10.0 Å². The Balaban J connectivity index is 2.03.